The van der Waals surface area contributed by atoms with Gasteiger partial charge in [-0.05, 0) is 73.5 Å². The van der Waals surface area contributed by atoms with Crippen LogP contribution in [0, 0.1) is 5.92 Å². The number of rotatable bonds is 5. The molecule has 2 aromatic carbocycles. The van der Waals surface area contributed by atoms with Gasteiger partial charge >= 0.3 is 11.9 Å². The maximum absolute atomic E-state index is 9.55. The summed E-state index contributed by atoms with van der Waals surface area (Å²) in [7, 11) is 0. The van der Waals surface area contributed by atoms with E-state index in [0.717, 1.165) is 10.9 Å². The highest BCUT2D eigenvalue weighted by molar-refractivity contribution is 8.01. The van der Waals surface area contributed by atoms with Gasteiger partial charge in [-0.15, -0.1) is 11.8 Å². The third kappa shape index (κ3) is 5.99. The van der Waals surface area contributed by atoms with Crippen molar-refractivity contribution in [1.29, 1.82) is 0 Å². The first-order valence-corrected chi connectivity index (χ1v) is 12.5. The van der Waals surface area contributed by atoms with E-state index in [1.54, 1.807) is 5.56 Å². The summed E-state index contributed by atoms with van der Waals surface area (Å²) in [4.78, 5) is 21.8. The number of fused-ring (bicyclic) bond motifs is 2. The van der Waals surface area contributed by atoms with Gasteiger partial charge in [-0.25, -0.2) is 9.59 Å². The summed E-state index contributed by atoms with van der Waals surface area (Å²) in [6.45, 7) is 3.85. The Morgan fingerprint density at radius 3 is 2.18 bits per heavy atom. The zero-order valence-electron chi connectivity index (χ0n) is 18.3. The average Bonchev–Trinajstić information content (AvgIpc) is 3.57. The van der Waals surface area contributed by atoms with Crippen LogP contribution in [0.15, 0.2) is 60.7 Å². The van der Waals surface area contributed by atoms with Crippen molar-refractivity contribution in [2.24, 2.45) is 5.92 Å². The summed E-state index contributed by atoms with van der Waals surface area (Å²) in [6, 6.07) is 17.6. The summed E-state index contributed by atoms with van der Waals surface area (Å²) < 4.78 is 0.306. The third-order valence-corrected chi connectivity index (χ3v) is 8.59. The van der Waals surface area contributed by atoms with Gasteiger partial charge in [-0.1, -0.05) is 48.0 Å². The molecule has 0 aromatic heterocycles. The number of likely N-dealkylation sites (tertiary alicyclic amines) is 1. The van der Waals surface area contributed by atoms with E-state index in [-0.39, 0.29) is 0 Å². The van der Waals surface area contributed by atoms with Gasteiger partial charge in [0.2, 0.25) is 0 Å². The molecule has 33 heavy (non-hydrogen) atoms. The van der Waals surface area contributed by atoms with Crippen LogP contribution in [0.2, 0.25) is 5.02 Å². The summed E-state index contributed by atoms with van der Waals surface area (Å²) in [6.07, 6.45) is 6.59. The predicted molar refractivity (Wildman–Crippen MR) is 132 cm³/mol. The standard InChI is InChI=1S/C22H24ClNS.C4H4O4/c23-18-9-7-17(8-10-18)21-19-3-1-2-4-20(19)22(25-21)11-13-24(14-12-22)15-16-5-6-16;5-3(6)1-2-4(7)8/h1-4,7-10,16,21H,5-6,11-15H2;1-2H,(H,5,6)(H,7,8). The Morgan fingerprint density at radius 2 is 1.61 bits per heavy atom. The fourth-order valence-electron chi connectivity index (χ4n) is 4.67. The van der Waals surface area contributed by atoms with Gasteiger partial charge in [0, 0.05) is 28.5 Å². The van der Waals surface area contributed by atoms with Crippen molar-refractivity contribution in [3.05, 3.63) is 82.4 Å². The lowest BCUT2D eigenvalue weighted by atomic mass is 9.84. The van der Waals surface area contributed by atoms with E-state index < -0.39 is 11.9 Å². The Bertz CT molecular complexity index is 1010. The molecule has 2 fully saturated rings. The zero-order valence-corrected chi connectivity index (χ0v) is 19.9. The number of carbonyl (C=O) groups is 2. The molecule has 2 aliphatic heterocycles. The Morgan fingerprint density at radius 1 is 1.00 bits per heavy atom. The lowest BCUT2D eigenvalue weighted by molar-refractivity contribution is -0.134. The highest BCUT2D eigenvalue weighted by Crippen LogP contribution is 2.61. The number of hydrogen-bond acceptors (Lipinski definition) is 4. The molecule has 2 aromatic rings. The van der Waals surface area contributed by atoms with Crippen LogP contribution < -0.4 is 0 Å². The number of aliphatic carboxylic acids is 2. The maximum atomic E-state index is 9.55. The quantitative estimate of drug-likeness (QED) is 0.537. The third-order valence-electron chi connectivity index (χ3n) is 6.50. The van der Waals surface area contributed by atoms with E-state index in [0.29, 0.717) is 22.1 Å². The van der Waals surface area contributed by atoms with Gasteiger partial charge in [-0.2, -0.15) is 0 Å². The topological polar surface area (TPSA) is 77.8 Å². The molecular formula is C26H28ClNO4S. The van der Waals surface area contributed by atoms with Crippen LogP contribution in [0.25, 0.3) is 0 Å². The first-order chi connectivity index (χ1) is 15.9. The van der Waals surface area contributed by atoms with Crippen molar-refractivity contribution in [1.82, 2.24) is 4.90 Å². The summed E-state index contributed by atoms with van der Waals surface area (Å²) >= 11 is 8.30. The first-order valence-electron chi connectivity index (χ1n) is 11.3. The van der Waals surface area contributed by atoms with Crippen LogP contribution in [0.3, 0.4) is 0 Å². The van der Waals surface area contributed by atoms with Crippen LogP contribution in [-0.4, -0.2) is 46.7 Å². The second-order valence-electron chi connectivity index (χ2n) is 8.88. The molecule has 2 N–H and O–H groups in total. The van der Waals surface area contributed by atoms with E-state index in [1.165, 1.54) is 56.4 Å². The van der Waals surface area contributed by atoms with E-state index >= 15 is 0 Å². The predicted octanol–water partition coefficient (Wildman–Crippen LogP) is 5.59. The Balaban J connectivity index is 0.000000281. The molecule has 0 radical (unpaired) electrons. The minimum Gasteiger partial charge on any atom is -0.478 e. The van der Waals surface area contributed by atoms with E-state index in [4.69, 9.17) is 21.8 Å². The molecule has 1 atom stereocenters. The fraction of sp³-hybridized carbons (Fsp3) is 0.385. The SMILES string of the molecule is Clc1ccc(C2SC3(CCN(CC4CC4)CC3)c3ccccc32)cc1.O=C(O)C=CC(=O)O. The van der Waals surface area contributed by atoms with Crippen molar-refractivity contribution >= 4 is 35.3 Å². The molecule has 174 valence electrons. The van der Waals surface area contributed by atoms with Gasteiger partial charge in [0.1, 0.15) is 0 Å². The number of hydrogen-bond donors (Lipinski definition) is 2. The maximum Gasteiger partial charge on any atom is 0.328 e. The van der Waals surface area contributed by atoms with Crippen molar-refractivity contribution in [2.75, 3.05) is 19.6 Å². The molecule has 1 unspecified atom stereocenters. The number of nitrogens with zero attached hydrogens (tertiary/aromatic N) is 1. The normalized spacial score (nSPS) is 21.4. The molecule has 1 saturated carbocycles. The molecule has 5 nitrogen and oxygen atoms in total. The highest BCUT2D eigenvalue weighted by Gasteiger charge is 2.46. The van der Waals surface area contributed by atoms with Gasteiger partial charge in [0.05, 0.1) is 5.25 Å². The van der Waals surface area contributed by atoms with Gasteiger partial charge < -0.3 is 15.1 Å². The lowest BCUT2D eigenvalue weighted by Crippen LogP contribution is -2.40. The molecule has 1 spiro atoms. The largest absolute Gasteiger partial charge is 0.478 e. The summed E-state index contributed by atoms with van der Waals surface area (Å²) in [5, 5.41) is 16.9. The van der Waals surface area contributed by atoms with Crippen LogP contribution >= 0.6 is 23.4 Å². The number of carboxylic acid groups (broad SMARTS) is 2. The molecule has 2 heterocycles. The van der Waals surface area contributed by atoms with Crippen molar-refractivity contribution in [3.63, 3.8) is 0 Å². The first kappa shape index (κ1) is 23.9. The van der Waals surface area contributed by atoms with Gasteiger partial charge in [-0.3, -0.25) is 0 Å². The molecule has 7 heteroatoms. The monoisotopic (exact) mass is 485 g/mol. The van der Waals surface area contributed by atoms with E-state index in [9.17, 15) is 9.59 Å². The number of halogens is 1. The second kappa shape index (κ2) is 10.3. The molecule has 0 amide bonds. The van der Waals surface area contributed by atoms with E-state index in [2.05, 4.69) is 53.1 Å². The van der Waals surface area contributed by atoms with Crippen molar-refractivity contribution in [2.45, 2.75) is 35.7 Å². The molecule has 1 saturated heterocycles. The summed E-state index contributed by atoms with van der Waals surface area (Å²) in [5.74, 6) is -1.51. The van der Waals surface area contributed by atoms with Crippen LogP contribution in [0.1, 0.15) is 47.6 Å². The van der Waals surface area contributed by atoms with Crippen LogP contribution in [0.5, 0.6) is 0 Å². The van der Waals surface area contributed by atoms with Gasteiger partial charge in [0.15, 0.2) is 0 Å². The number of thioether (sulfide) groups is 1. The molecule has 3 aliphatic rings. The highest BCUT2D eigenvalue weighted by atomic mass is 35.5. The van der Waals surface area contributed by atoms with Crippen LogP contribution in [-0.2, 0) is 14.3 Å². The van der Waals surface area contributed by atoms with Crippen LogP contribution in [0.4, 0.5) is 0 Å². The van der Waals surface area contributed by atoms with E-state index in [1.807, 2.05) is 12.1 Å². The van der Waals surface area contributed by atoms with Gasteiger partial charge in [0.25, 0.3) is 0 Å². The Hall–Kier alpha value is -2.28. The molecule has 1 aliphatic carbocycles. The minimum atomic E-state index is -1.26. The molecule has 5 rings (SSSR count). The van der Waals surface area contributed by atoms with Crippen molar-refractivity contribution in [3.8, 4) is 0 Å². The minimum absolute atomic E-state index is 0.306. The average molecular weight is 486 g/mol. The second-order valence-corrected chi connectivity index (χ2v) is 10.8. The molecular weight excluding hydrogens is 458 g/mol. The number of carboxylic acids is 2. The summed E-state index contributed by atoms with van der Waals surface area (Å²) in [5.41, 5.74) is 4.50. The Labute approximate surface area is 203 Å². The number of benzene rings is 2. The molecule has 0 bridgehead atoms. The fourth-order valence-corrected chi connectivity index (χ4v) is 6.60. The smallest absolute Gasteiger partial charge is 0.328 e. The zero-order chi connectivity index (χ0) is 23.4. The number of piperidine rings is 1. The Kier molecular flexibility index (Phi) is 7.47. The lowest BCUT2D eigenvalue weighted by Gasteiger charge is -2.40. The van der Waals surface area contributed by atoms with Crippen molar-refractivity contribution < 1.29 is 19.8 Å².